The minimum atomic E-state index is 0.677. The quantitative estimate of drug-likeness (QED) is 0.649. The van der Waals surface area contributed by atoms with Gasteiger partial charge < -0.3 is 15.0 Å². The van der Waals surface area contributed by atoms with E-state index in [-0.39, 0.29) is 0 Å². The maximum atomic E-state index is 5.51. The molecule has 27 heavy (non-hydrogen) atoms. The Labute approximate surface area is 161 Å². The number of pyridine rings is 1. The summed E-state index contributed by atoms with van der Waals surface area (Å²) in [7, 11) is 1.95. The largest absolute Gasteiger partial charge is 0.494 e. The van der Waals surface area contributed by atoms with Crippen LogP contribution >= 0.6 is 0 Å². The average Bonchev–Trinajstić information content (AvgIpc) is 2.95. The van der Waals surface area contributed by atoms with Crippen molar-refractivity contribution >= 4 is 22.5 Å². The molecule has 0 aliphatic heterocycles. The molecule has 0 fully saturated rings. The van der Waals surface area contributed by atoms with Crippen molar-refractivity contribution in [1.29, 1.82) is 0 Å². The molecule has 0 radical (unpaired) electrons. The first-order valence-corrected chi connectivity index (χ1v) is 9.62. The van der Waals surface area contributed by atoms with Gasteiger partial charge >= 0.3 is 0 Å². The van der Waals surface area contributed by atoms with Crippen molar-refractivity contribution in [3.05, 3.63) is 41.6 Å². The van der Waals surface area contributed by atoms with Crippen LogP contribution in [-0.2, 0) is 13.6 Å². The number of fused-ring (bicyclic) bond motifs is 1. The molecule has 1 N–H and O–H groups in total. The molecule has 0 bridgehead atoms. The zero-order valence-electron chi connectivity index (χ0n) is 16.9. The molecular weight excluding hydrogens is 338 g/mol. The molecule has 0 aliphatic rings. The Morgan fingerprint density at radius 2 is 1.81 bits per heavy atom. The van der Waals surface area contributed by atoms with Crippen LogP contribution in [0.3, 0.4) is 0 Å². The van der Waals surface area contributed by atoms with E-state index in [1.165, 1.54) is 5.56 Å². The topological polar surface area (TPSA) is 55.2 Å². The molecule has 6 heteroatoms. The number of aryl methyl sites for hydroxylation is 2. The molecular formula is C21H29N5O. The maximum Gasteiger partial charge on any atom is 0.160 e. The summed E-state index contributed by atoms with van der Waals surface area (Å²) in [5.41, 5.74) is 4.18. The molecule has 0 spiro atoms. The van der Waals surface area contributed by atoms with Crippen LogP contribution in [0.4, 0.5) is 11.5 Å². The lowest BCUT2D eigenvalue weighted by Gasteiger charge is -2.23. The van der Waals surface area contributed by atoms with Crippen molar-refractivity contribution in [3.8, 4) is 5.75 Å². The molecule has 0 saturated carbocycles. The van der Waals surface area contributed by atoms with Crippen molar-refractivity contribution in [2.24, 2.45) is 7.05 Å². The second-order valence-corrected chi connectivity index (χ2v) is 6.53. The molecule has 0 saturated heterocycles. The van der Waals surface area contributed by atoms with Gasteiger partial charge in [-0.05, 0) is 58.0 Å². The number of nitrogens with one attached hydrogen (secondary N) is 1. The molecule has 3 aromatic rings. The summed E-state index contributed by atoms with van der Waals surface area (Å²) >= 11 is 0. The summed E-state index contributed by atoms with van der Waals surface area (Å²) in [6.45, 7) is 11.6. The highest BCUT2D eigenvalue weighted by Gasteiger charge is 2.16. The van der Waals surface area contributed by atoms with Crippen LogP contribution in [0, 0.1) is 6.92 Å². The fourth-order valence-electron chi connectivity index (χ4n) is 3.33. The van der Waals surface area contributed by atoms with Gasteiger partial charge in [-0.15, -0.1) is 0 Å². The molecule has 6 nitrogen and oxygen atoms in total. The Morgan fingerprint density at radius 3 is 2.44 bits per heavy atom. The number of ether oxygens (including phenoxy) is 1. The summed E-state index contributed by atoms with van der Waals surface area (Å²) in [5, 5.41) is 9.15. The van der Waals surface area contributed by atoms with Gasteiger partial charge in [0.1, 0.15) is 11.6 Å². The first-order valence-electron chi connectivity index (χ1n) is 9.62. The Bertz CT molecular complexity index is 897. The molecule has 2 heterocycles. The third kappa shape index (κ3) is 3.99. The van der Waals surface area contributed by atoms with Crippen molar-refractivity contribution in [2.45, 2.75) is 34.2 Å². The third-order valence-electron chi connectivity index (χ3n) is 4.77. The van der Waals surface area contributed by atoms with E-state index in [4.69, 9.17) is 9.72 Å². The van der Waals surface area contributed by atoms with Gasteiger partial charge in [-0.3, -0.25) is 4.68 Å². The van der Waals surface area contributed by atoms with E-state index < -0.39 is 0 Å². The van der Waals surface area contributed by atoms with Gasteiger partial charge in [0.15, 0.2) is 5.65 Å². The fourth-order valence-corrected chi connectivity index (χ4v) is 3.33. The number of benzene rings is 1. The molecule has 2 aromatic heterocycles. The van der Waals surface area contributed by atoms with Gasteiger partial charge in [0.05, 0.1) is 12.3 Å². The molecule has 0 unspecified atom stereocenters. The lowest BCUT2D eigenvalue weighted by atomic mass is 10.1. The van der Waals surface area contributed by atoms with Gasteiger partial charge in [-0.25, -0.2) is 4.98 Å². The van der Waals surface area contributed by atoms with Crippen molar-refractivity contribution < 1.29 is 4.74 Å². The smallest absolute Gasteiger partial charge is 0.160 e. The van der Waals surface area contributed by atoms with E-state index in [1.54, 1.807) is 0 Å². The minimum absolute atomic E-state index is 0.677. The summed E-state index contributed by atoms with van der Waals surface area (Å²) in [5.74, 6) is 1.91. The molecule has 0 aliphatic carbocycles. The van der Waals surface area contributed by atoms with E-state index in [9.17, 15) is 0 Å². The number of aromatic nitrogens is 3. The van der Waals surface area contributed by atoms with Gasteiger partial charge in [-0.2, -0.15) is 5.10 Å². The van der Waals surface area contributed by atoms with Crippen molar-refractivity contribution in [3.63, 3.8) is 0 Å². The minimum Gasteiger partial charge on any atom is -0.494 e. The van der Waals surface area contributed by atoms with Crippen LogP contribution in [0.1, 0.15) is 32.0 Å². The Kier molecular flexibility index (Phi) is 5.84. The van der Waals surface area contributed by atoms with E-state index in [0.29, 0.717) is 13.2 Å². The molecule has 0 amide bonds. The predicted octanol–water partition coefficient (Wildman–Crippen LogP) is 4.13. The lowest BCUT2D eigenvalue weighted by molar-refractivity contribution is 0.340. The lowest BCUT2D eigenvalue weighted by Crippen LogP contribution is -2.25. The van der Waals surface area contributed by atoms with Crippen LogP contribution in [-0.4, -0.2) is 34.5 Å². The van der Waals surface area contributed by atoms with Crippen LogP contribution in [0.5, 0.6) is 5.75 Å². The van der Waals surface area contributed by atoms with E-state index in [1.807, 2.05) is 49.8 Å². The summed E-state index contributed by atoms with van der Waals surface area (Å²) < 4.78 is 7.38. The van der Waals surface area contributed by atoms with Gasteiger partial charge in [-0.1, -0.05) is 0 Å². The molecule has 3 rings (SSSR count). The van der Waals surface area contributed by atoms with E-state index >= 15 is 0 Å². The highest BCUT2D eigenvalue weighted by atomic mass is 16.5. The number of hydrogen-bond acceptors (Lipinski definition) is 5. The Hall–Kier alpha value is -2.76. The number of rotatable bonds is 8. The molecule has 144 valence electrons. The first-order chi connectivity index (χ1) is 13.1. The second kappa shape index (κ2) is 8.29. The maximum absolute atomic E-state index is 5.51. The number of anilines is 2. The monoisotopic (exact) mass is 367 g/mol. The first kappa shape index (κ1) is 19.0. The Morgan fingerprint density at radius 1 is 1.11 bits per heavy atom. The summed E-state index contributed by atoms with van der Waals surface area (Å²) in [6, 6.07) is 10.3. The van der Waals surface area contributed by atoms with Gasteiger partial charge in [0.25, 0.3) is 0 Å². The highest BCUT2D eigenvalue weighted by Crippen LogP contribution is 2.26. The summed E-state index contributed by atoms with van der Waals surface area (Å²) in [4.78, 5) is 7.24. The standard InChI is InChI=1S/C21H29N5O/c1-6-26(7-2)20-16(13-19-15(4)24-25(5)21(19)23-20)14-22-17-9-11-18(12-10-17)27-8-3/h9-13,22H,6-8,14H2,1-5H3. The Balaban J connectivity index is 1.91. The number of nitrogens with zero attached hydrogens (tertiary/aromatic N) is 4. The van der Waals surface area contributed by atoms with Crippen molar-refractivity contribution in [2.75, 3.05) is 29.9 Å². The third-order valence-corrected chi connectivity index (χ3v) is 4.77. The van der Waals surface area contributed by atoms with Gasteiger partial charge in [0, 0.05) is 43.3 Å². The average molecular weight is 367 g/mol. The molecule has 0 atom stereocenters. The summed E-state index contributed by atoms with van der Waals surface area (Å²) in [6.07, 6.45) is 0. The normalized spacial score (nSPS) is 11.0. The highest BCUT2D eigenvalue weighted by molar-refractivity contribution is 5.81. The van der Waals surface area contributed by atoms with Crippen molar-refractivity contribution in [1.82, 2.24) is 14.8 Å². The molecule has 1 aromatic carbocycles. The van der Waals surface area contributed by atoms with E-state index in [0.717, 1.165) is 47.1 Å². The second-order valence-electron chi connectivity index (χ2n) is 6.53. The van der Waals surface area contributed by atoms with Crippen LogP contribution in [0.15, 0.2) is 30.3 Å². The van der Waals surface area contributed by atoms with Crippen LogP contribution in [0.25, 0.3) is 11.0 Å². The zero-order chi connectivity index (χ0) is 19.4. The van der Waals surface area contributed by atoms with Gasteiger partial charge in [0.2, 0.25) is 0 Å². The van der Waals surface area contributed by atoms with Crippen LogP contribution < -0.4 is 15.0 Å². The fraction of sp³-hybridized carbons (Fsp3) is 0.429. The predicted molar refractivity (Wildman–Crippen MR) is 112 cm³/mol. The van der Waals surface area contributed by atoms with E-state index in [2.05, 4.69) is 35.2 Å². The zero-order valence-corrected chi connectivity index (χ0v) is 16.9. The SMILES string of the molecule is CCOc1ccc(NCc2cc3c(C)nn(C)c3nc2N(CC)CC)cc1. The van der Waals surface area contributed by atoms with Crippen LogP contribution in [0.2, 0.25) is 0 Å². The number of hydrogen-bond donors (Lipinski definition) is 1.